The van der Waals surface area contributed by atoms with Crippen LogP contribution >= 0.6 is 12.2 Å². The van der Waals surface area contributed by atoms with Crippen LogP contribution in [0, 0.1) is 0 Å². The average Bonchev–Trinajstić information content (AvgIpc) is 2.65. The van der Waals surface area contributed by atoms with Crippen LogP contribution in [0.25, 0.3) is 0 Å². The van der Waals surface area contributed by atoms with Crippen molar-refractivity contribution in [2.24, 2.45) is 5.10 Å². The summed E-state index contributed by atoms with van der Waals surface area (Å²) in [7, 11) is 0. The predicted molar refractivity (Wildman–Crippen MR) is 107 cm³/mol. The second-order valence-electron chi connectivity index (χ2n) is 5.34. The number of nitrogens with zero attached hydrogens (tertiary/aromatic N) is 1. The number of rotatable bonds is 8. The van der Waals surface area contributed by atoms with Crippen LogP contribution in [0.5, 0.6) is 11.5 Å². The van der Waals surface area contributed by atoms with Gasteiger partial charge in [0.15, 0.2) is 5.11 Å². The van der Waals surface area contributed by atoms with Crippen LogP contribution in [0.2, 0.25) is 0 Å². The van der Waals surface area contributed by atoms with Crippen LogP contribution in [-0.4, -0.2) is 24.0 Å². The minimum absolute atomic E-state index is 0.102. The van der Waals surface area contributed by atoms with Crippen molar-refractivity contribution in [1.29, 1.82) is 0 Å². The molecule has 2 aromatic rings. The standard InChI is InChI=1S/C19H21F2N3O2S/c1-3-17(13-5-9-16(10-6-13)26-18(20)21)23-24-19(27)22-14-7-11-15(12-8-14)25-4-2/h5-12,18H,3-4H2,1-2H3,(H2,22,24,27). The highest BCUT2D eigenvalue weighted by molar-refractivity contribution is 7.80. The average molecular weight is 393 g/mol. The second kappa shape index (κ2) is 10.4. The van der Waals surface area contributed by atoms with Gasteiger partial charge in [-0.05, 0) is 79.7 Å². The van der Waals surface area contributed by atoms with E-state index in [0.29, 0.717) is 18.1 Å². The van der Waals surface area contributed by atoms with Gasteiger partial charge < -0.3 is 14.8 Å². The van der Waals surface area contributed by atoms with Crippen molar-refractivity contribution in [1.82, 2.24) is 5.43 Å². The van der Waals surface area contributed by atoms with Gasteiger partial charge in [-0.2, -0.15) is 13.9 Å². The van der Waals surface area contributed by atoms with Crippen molar-refractivity contribution >= 4 is 28.7 Å². The Labute approximate surface area is 162 Å². The molecular weight excluding hydrogens is 372 g/mol. The van der Waals surface area contributed by atoms with Gasteiger partial charge in [0.05, 0.1) is 12.3 Å². The Morgan fingerprint density at radius 3 is 2.22 bits per heavy atom. The van der Waals surface area contributed by atoms with Crippen LogP contribution in [0.1, 0.15) is 25.8 Å². The van der Waals surface area contributed by atoms with Crippen LogP contribution in [0.4, 0.5) is 14.5 Å². The lowest BCUT2D eigenvalue weighted by Crippen LogP contribution is -2.25. The Hall–Kier alpha value is -2.74. The van der Waals surface area contributed by atoms with Crippen molar-refractivity contribution < 1.29 is 18.3 Å². The minimum Gasteiger partial charge on any atom is -0.494 e. The molecule has 8 heteroatoms. The number of ether oxygens (including phenoxy) is 2. The van der Waals surface area contributed by atoms with Crippen molar-refractivity contribution in [2.45, 2.75) is 26.9 Å². The highest BCUT2D eigenvalue weighted by atomic mass is 32.1. The molecule has 27 heavy (non-hydrogen) atoms. The zero-order valence-corrected chi connectivity index (χ0v) is 15.9. The van der Waals surface area contributed by atoms with Crippen LogP contribution < -0.4 is 20.2 Å². The van der Waals surface area contributed by atoms with Gasteiger partial charge in [-0.1, -0.05) is 6.92 Å². The first-order valence-corrected chi connectivity index (χ1v) is 8.84. The molecule has 0 aliphatic rings. The Balaban J connectivity index is 1.95. The fourth-order valence-corrected chi connectivity index (χ4v) is 2.42. The van der Waals surface area contributed by atoms with Gasteiger partial charge in [-0.25, -0.2) is 0 Å². The normalized spacial score (nSPS) is 11.2. The van der Waals surface area contributed by atoms with E-state index >= 15 is 0 Å². The first kappa shape index (κ1) is 20.6. The van der Waals surface area contributed by atoms with Crippen molar-refractivity contribution in [2.75, 3.05) is 11.9 Å². The summed E-state index contributed by atoms with van der Waals surface area (Å²) < 4.78 is 34.2. The molecule has 0 unspecified atom stereocenters. The number of alkyl halides is 2. The monoisotopic (exact) mass is 393 g/mol. The van der Waals surface area contributed by atoms with E-state index in [1.54, 1.807) is 12.1 Å². The number of benzene rings is 2. The summed E-state index contributed by atoms with van der Waals surface area (Å²) in [4.78, 5) is 0. The highest BCUT2D eigenvalue weighted by Crippen LogP contribution is 2.17. The molecule has 0 saturated heterocycles. The lowest BCUT2D eigenvalue weighted by molar-refractivity contribution is -0.0498. The maximum Gasteiger partial charge on any atom is 0.387 e. The summed E-state index contributed by atoms with van der Waals surface area (Å²) in [5.74, 6) is 0.886. The molecule has 0 spiro atoms. The van der Waals surface area contributed by atoms with E-state index in [-0.39, 0.29) is 5.75 Å². The van der Waals surface area contributed by atoms with Gasteiger partial charge in [0.2, 0.25) is 0 Å². The molecule has 0 amide bonds. The van der Waals surface area contributed by atoms with Crippen LogP contribution in [-0.2, 0) is 0 Å². The molecule has 0 aromatic heterocycles. The quantitative estimate of drug-likeness (QED) is 0.384. The Morgan fingerprint density at radius 2 is 1.67 bits per heavy atom. The summed E-state index contributed by atoms with van der Waals surface area (Å²) in [5, 5.41) is 7.66. The lowest BCUT2D eigenvalue weighted by atomic mass is 10.1. The molecular formula is C19H21F2N3O2S. The Kier molecular flexibility index (Phi) is 7.94. The number of hydrogen-bond acceptors (Lipinski definition) is 4. The van der Waals surface area contributed by atoms with Crippen molar-refractivity contribution in [3.8, 4) is 11.5 Å². The molecule has 0 atom stereocenters. The van der Waals surface area contributed by atoms with Gasteiger partial charge in [-0.15, -0.1) is 0 Å². The van der Waals surface area contributed by atoms with Crippen molar-refractivity contribution in [3.63, 3.8) is 0 Å². The number of hydrogen-bond donors (Lipinski definition) is 2. The van der Waals surface area contributed by atoms with E-state index < -0.39 is 6.61 Å². The smallest absolute Gasteiger partial charge is 0.387 e. The molecule has 0 aliphatic carbocycles. The highest BCUT2D eigenvalue weighted by Gasteiger charge is 2.06. The maximum absolute atomic E-state index is 12.2. The Morgan fingerprint density at radius 1 is 1.04 bits per heavy atom. The van der Waals surface area contributed by atoms with Crippen LogP contribution in [0.3, 0.4) is 0 Å². The van der Waals surface area contributed by atoms with E-state index in [9.17, 15) is 8.78 Å². The molecule has 0 fully saturated rings. The van der Waals surface area contributed by atoms with Crippen LogP contribution in [0.15, 0.2) is 53.6 Å². The molecule has 2 aromatic carbocycles. The van der Waals surface area contributed by atoms with E-state index in [0.717, 1.165) is 22.7 Å². The summed E-state index contributed by atoms with van der Waals surface area (Å²) in [5.41, 5.74) is 5.11. The summed E-state index contributed by atoms with van der Waals surface area (Å²) in [6.45, 7) is 1.63. The molecule has 0 radical (unpaired) electrons. The van der Waals surface area contributed by atoms with Crippen molar-refractivity contribution in [3.05, 3.63) is 54.1 Å². The molecule has 2 rings (SSSR count). The molecule has 5 nitrogen and oxygen atoms in total. The third-order valence-corrected chi connectivity index (χ3v) is 3.66. The second-order valence-corrected chi connectivity index (χ2v) is 5.75. The SMILES string of the molecule is CCOc1ccc(NC(=S)NN=C(CC)c2ccc(OC(F)F)cc2)cc1. The van der Waals surface area contributed by atoms with Gasteiger partial charge in [-0.3, -0.25) is 5.43 Å². The Bertz CT molecular complexity index is 766. The molecule has 144 valence electrons. The van der Waals surface area contributed by atoms with Gasteiger partial charge >= 0.3 is 6.61 Å². The third-order valence-electron chi connectivity index (χ3n) is 3.46. The third kappa shape index (κ3) is 6.82. The van der Waals surface area contributed by atoms with E-state index in [4.69, 9.17) is 17.0 Å². The summed E-state index contributed by atoms with van der Waals surface area (Å²) in [6, 6.07) is 13.7. The summed E-state index contributed by atoms with van der Waals surface area (Å²) >= 11 is 5.24. The fraction of sp³-hybridized carbons (Fsp3) is 0.263. The number of anilines is 1. The van der Waals surface area contributed by atoms with E-state index in [1.165, 1.54) is 12.1 Å². The number of thiocarbonyl (C=S) groups is 1. The zero-order chi connectivity index (χ0) is 19.6. The molecule has 0 saturated carbocycles. The maximum atomic E-state index is 12.2. The first-order valence-electron chi connectivity index (χ1n) is 8.43. The minimum atomic E-state index is -2.84. The number of nitrogens with one attached hydrogen (secondary N) is 2. The van der Waals surface area contributed by atoms with E-state index in [1.807, 2.05) is 38.1 Å². The fourth-order valence-electron chi connectivity index (χ4n) is 2.25. The lowest BCUT2D eigenvalue weighted by Gasteiger charge is -2.10. The number of halogens is 2. The number of hydrazone groups is 1. The van der Waals surface area contributed by atoms with Gasteiger partial charge in [0.25, 0.3) is 0 Å². The largest absolute Gasteiger partial charge is 0.494 e. The van der Waals surface area contributed by atoms with E-state index in [2.05, 4.69) is 20.6 Å². The topological polar surface area (TPSA) is 54.9 Å². The molecule has 2 N–H and O–H groups in total. The molecule has 0 heterocycles. The molecule has 0 aliphatic heterocycles. The predicted octanol–water partition coefficient (Wildman–Crippen LogP) is 4.79. The summed E-state index contributed by atoms with van der Waals surface area (Å²) in [6.07, 6.45) is 0.633. The van der Waals surface area contributed by atoms with Gasteiger partial charge in [0.1, 0.15) is 11.5 Å². The first-order chi connectivity index (χ1) is 13.0. The molecule has 0 bridgehead atoms. The van der Waals surface area contributed by atoms with Gasteiger partial charge in [0, 0.05) is 5.69 Å². The zero-order valence-electron chi connectivity index (χ0n) is 15.0.